The third kappa shape index (κ3) is 3.95. The van der Waals surface area contributed by atoms with Gasteiger partial charge in [0.05, 0.1) is 0 Å². The van der Waals surface area contributed by atoms with Crippen LogP contribution in [0.15, 0.2) is 0 Å². The second-order valence-electron chi connectivity index (χ2n) is 7.67. The highest BCUT2D eigenvalue weighted by molar-refractivity contribution is 4.95. The average Bonchev–Trinajstić information content (AvgIpc) is 2.36. The van der Waals surface area contributed by atoms with Gasteiger partial charge in [0.15, 0.2) is 0 Å². The van der Waals surface area contributed by atoms with Crippen LogP contribution in [0, 0.1) is 11.8 Å². The first kappa shape index (κ1) is 15.3. The van der Waals surface area contributed by atoms with Crippen LogP contribution in [0.25, 0.3) is 0 Å². The van der Waals surface area contributed by atoms with Crippen LogP contribution in [-0.4, -0.2) is 37.1 Å². The summed E-state index contributed by atoms with van der Waals surface area (Å²) < 4.78 is 0. The van der Waals surface area contributed by atoms with Crippen LogP contribution in [0.3, 0.4) is 0 Å². The van der Waals surface area contributed by atoms with Gasteiger partial charge in [0.2, 0.25) is 0 Å². The van der Waals surface area contributed by atoms with E-state index in [1.165, 1.54) is 57.9 Å². The van der Waals surface area contributed by atoms with Gasteiger partial charge in [-0.05, 0) is 51.6 Å². The predicted octanol–water partition coefficient (Wildman–Crippen LogP) is 3.67. The number of nitrogens with zero attached hydrogens (tertiary/aromatic N) is 1. The summed E-state index contributed by atoms with van der Waals surface area (Å²) in [7, 11) is 4.56. The van der Waals surface area contributed by atoms with E-state index < -0.39 is 0 Å². The molecule has 2 fully saturated rings. The Morgan fingerprint density at radius 3 is 2.42 bits per heavy atom. The van der Waals surface area contributed by atoms with Crippen molar-refractivity contribution >= 4 is 0 Å². The van der Waals surface area contributed by atoms with Gasteiger partial charge in [0.1, 0.15) is 0 Å². The van der Waals surface area contributed by atoms with Crippen molar-refractivity contribution in [1.82, 2.24) is 10.2 Å². The van der Waals surface area contributed by atoms with Crippen molar-refractivity contribution in [3.05, 3.63) is 0 Å². The predicted molar refractivity (Wildman–Crippen MR) is 83.5 cm³/mol. The first-order valence-corrected chi connectivity index (χ1v) is 8.43. The lowest BCUT2D eigenvalue weighted by Gasteiger charge is -2.46. The maximum atomic E-state index is 3.92. The van der Waals surface area contributed by atoms with Crippen LogP contribution in [0.1, 0.15) is 65.2 Å². The summed E-state index contributed by atoms with van der Waals surface area (Å²) in [6.45, 7) is 6.04. The highest BCUT2D eigenvalue weighted by Gasteiger charge is 2.37. The molecule has 0 bridgehead atoms. The van der Waals surface area contributed by atoms with Gasteiger partial charge in [-0.3, -0.25) is 0 Å². The molecule has 2 heteroatoms. The summed E-state index contributed by atoms with van der Waals surface area (Å²) in [4.78, 5) is 2.50. The highest BCUT2D eigenvalue weighted by Crippen LogP contribution is 2.35. The van der Waals surface area contributed by atoms with E-state index >= 15 is 0 Å². The number of hydrogen-bond acceptors (Lipinski definition) is 2. The fourth-order valence-corrected chi connectivity index (χ4v) is 4.31. The maximum absolute atomic E-state index is 3.92. The van der Waals surface area contributed by atoms with Crippen molar-refractivity contribution < 1.29 is 0 Å². The molecule has 4 unspecified atom stereocenters. The smallest absolute Gasteiger partial charge is 0.0330 e. The molecule has 4 atom stereocenters. The summed E-state index contributed by atoms with van der Waals surface area (Å²) in [6.07, 6.45) is 11.2. The first-order chi connectivity index (χ1) is 9.02. The van der Waals surface area contributed by atoms with Crippen molar-refractivity contribution in [3.63, 3.8) is 0 Å². The molecule has 112 valence electrons. The summed E-state index contributed by atoms with van der Waals surface area (Å²) in [5, 5.41) is 3.92. The largest absolute Gasteiger partial charge is 0.312 e. The molecule has 0 aromatic carbocycles. The summed E-state index contributed by atoms with van der Waals surface area (Å²) in [5.41, 5.74) is 0.415. The number of hydrogen-bond donors (Lipinski definition) is 1. The zero-order chi connectivity index (χ0) is 13.9. The Bertz CT molecular complexity index is 276. The van der Waals surface area contributed by atoms with Crippen molar-refractivity contribution in [2.75, 3.05) is 20.6 Å². The van der Waals surface area contributed by atoms with Gasteiger partial charge in [-0.2, -0.15) is 0 Å². The Hall–Kier alpha value is -0.0800. The van der Waals surface area contributed by atoms with E-state index in [4.69, 9.17) is 0 Å². The van der Waals surface area contributed by atoms with Crippen LogP contribution in [0.2, 0.25) is 0 Å². The quantitative estimate of drug-likeness (QED) is 0.835. The lowest BCUT2D eigenvalue weighted by Crippen LogP contribution is -2.56. The lowest BCUT2D eigenvalue weighted by atomic mass is 9.75. The molecule has 0 radical (unpaired) electrons. The molecule has 2 nitrogen and oxygen atoms in total. The molecule has 2 aliphatic carbocycles. The summed E-state index contributed by atoms with van der Waals surface area (Å²) in [6, 6.07) is 0.776. The number of rotatable bonds is 4. The van der Waals surface area contributed by atoms with Gasteiger partial charge in [-0.15, -0.1) is 0 Å². The molecule has 0 aromatic heterocycles. The minimum atomic E-state index is 0.415. The molecule has 2 aliphatic rings. The second-order valence-corrected chi connectivity index (χ2v) is 7.67. The Balaban J connectivity index is 1.89. The normalized spacial score (nSPS) is 40.6. The summed E-state index contributed by atoms with van der Waals surface area (Å²) >= 11 is 0. The van der Waals surface area contributed by atoms with E-state index in [0.717, 1.165) is 17.9 Å². The Labute approximate surface area is 120 Å². The SMILES string of the molecule is CC1CCCC(NCC2(N(C)C)CCCC(C)C2)C1. The number of nitrogens with one attached hydrogen (secondary N) is 1. The van der Waals surface area contributed by atoms with Crippen molar-refractivity contribution in [2.45, 2.75) is 76.8 Å². The fraction of sp³-hybridized carbons (Fsp3) is 1.00. The van der Waals surface area contributed by atoms with Gasteiger partial charge in [0.25, 0.3) is 0 Å². The lowest BCUT2D eigenvalue weighted by molar-refractivity contribution is 0.0696. The van der Waals surface area contributed by atoms with Gasteiger partial charge >= 0.3 is 0 Å². The van der Waals surface area contributed by atoms with Gasteiger partial charge < -0.3 is 10.2 Å². The van der Waals surface area contributed by atoms with Crippen molar-refractivity contribution in [1.29, 1.82) is 0 Å². The Morgan fingerprint density at radius 2 is 1.79 bits per heavy atom. The van der Waals surface area contributed by atoms with E-state index in [1.54, 1.807) is 0 Å². The molecule has 2 saturated carbocycles. The zero-order valence-electron chi connectivity index (χ0n) is 13.5. The van der Waals surface area contributed by atoms with Gasteiger partial charge in [-0.1, -0.05) is 39.5 Å². The van der Waals surface area contributed by atoms with E-state index in [2.05, 4.69) is 38.2 Å². The molecule has 0 spiro atoms. The summed E-state index contributed by atoms with van der Waals surface area (Å²) in [5.74, 6) is 1.81. The molecule has 2 rings (SSSR count). The molecule has 1 N–H and O–H groups in total. The maximum Gasteiger partial charge on any atom is 0.0330 e. The minimum Gasteiger partial charge on any atom is -0.312 e. The molecule has 0 heterocycles. The molecular formula is C17H34N2. The van der Waals surface area contributed by atoms with Gasteiger partial charge in [0, 0.05) is 18.1 Å². The van der Waals surface area contributed by atoms with Crippen LogP contribution >= 0.6 is 0 Å². The number of likely N-dealkylation sites (N-methyl/N-ethyl adjacent to an activating group) is 1. The molecule has 0 aliphatic heterocycles. The minimum absolute atomic E-state index is 0.415. The molecule has 0 aromatic rings. The van der Waals surface area contributed by atoms with Crippen molar-refractivity contribution in [2.24, 2.45) is 11.8 Å². The zero-order valence-corrected chi connectivity index (χ0v) is 13.5. The average molecular weight is 266 g/mol. The van der Waals surface area contributed by atoms with Crippen LogP contribution in [0.5, 0.6) is 0 Å². The van der Waals surface area contributed by atoms with E-state index in [1.807, 2.05) is 0 Å². The van der Waals surface area contributed by atoms with E-state index in [9.17, 15) is 0 Å². The first-order valence-electron chi connectivity index (χ1n) is 8.43. The highest BCUT2D eigenvalue weighted by atomic mass is 15.2. The molecule has 0 amide bonds. The topological polar surface area (TPSA) is 15.3 Å². The van der Waals surface area contributed by atoms with Gasteiger partial charge in [-0.25, -0.2) is 0 Å². The van der Waals surface area contributed by atoms with E-state index in [0.29, 0.717) is 5.54 Å². The molecule has 19 heavy (non-hydrogen) atoms. The second kappa shape index (κ2) is 6.58. The standard InChI is InChI=1S/C17H34N2/c1-14-7-5-9-16(11-14)18-13-17(19(3)4)10-6-8-15(2)12-17/h14-16,18H,5-13H2,1-4H3. The third-order valence-electron chi connectivity index (χ3n) is 5.67. The molecular weight excluding hydrogens is 232 g/mol. The molecule has 0 saturated heterocycles. The van der Waals surface area contributed by atoms with Crippen molar-refractivity contribution in [3.8, 4) is 0 Å². The third-order valence-corrected chi connectivity index (χ3v) is 5.67. The van der Waals surface area contributed by atoms with E-state index in [-0.39, 0.29) is 0 Å². The Kier molecular flexibility index (Phi) is 5.30. The monoisotopic (exact) mass is 266 g/mol. The Morgan fingerprint density at radius 1 is 1.05 bits per heavy atom. The van der Waals surface area contributed by atoms with Crippen LogP contribution in [-0.2, 0) is 0 Å². The van der Waals surface area contributed by atoms with Crippen LogP contribution in [0.4, 0.5) is 0 Å². The van der Waals surface area contributed by atoms with Crippen LogP contribution < -0.4 is 5.32 Å². The fourth-order valence-electron chi connectivity index (χ4n) is 4.31.